The van der Waals surface area contributed by atoms with Crippen LogP contribution in [-0.4, -0.2) is 16.0 Å². The van der Waals surface area contributed by atoms with Gasteiger partial charge in [-0.1, -0.05) is 0 Å². The van der Waals surface area contributed by atoms with Crippen LogP contribution >= 0.6 is 0 Å². The Morgan fingerprint density at radius 2 is 1.88 bits per heavy atom. The highest BCUT2D eigenvalue weighted by Crippen LogP contribution is 2.30. The minimum atomic E-state index is -4.58. The molecule has 88 valence electrons. The predicted octanol–water partition coefficient (Wildman–Crippen LogP) is 1.36. The molecule has 0 spiro atoms. The highest BCUT2D eigenvalue weighted by molar-refractivity contribution is 5.48. The Labute approximate surface area is 89.2 Å². The third-order valence-corrected chi connectivity index (χ3v) is 2.06. The van der Waals surface area contributed by atoms with Gasteiger partial charge in [-0.2, -0.15) is 13.2 Å². The van der Waals surface area contributed by atoms with Crippen molar-refractivity contribution in [1.29, 1.82) is 0 Å². The summed E-state index contributed by atoms with van der Waals surface area (Å²) in [5.74, 6) is 3.91. The number of halogens is 3. The molecule has 0 saturated heterocycles. The van der Waals surface area contributed by atoms with Gasteiger partial charge >= 0.3 is 6.18 Å². The number of nitrogen functional groups attached to an aromatic ring is 1. The van der Waals surface area contributed by atoms with Crippen LogP contribution in [0.15, 0.2) is 6.07 Å². The van der Waals surface area contributed by atoms with Crippen LogP contribution in [0.3, 0.4) is 0 Å². The lowest BCUT2D eigenvalue weighted by Crippen LogP contribution is -2.17. The summed E-state index contributed by atoms with van der Waals surface area (Å²) in [6.07, 6.45) is -2.69. The van der Waals surface area contributed by atoms with Gasteiger partial charge < -0.3 is 10.7 Å². The van der Waals surface area contributed by atoms with E-state index in [9.17, 15) is 13.2 Å². The van der Waals surface area contributed by atoms with E-state index in [1.165, 1.54) is 6.07 Å². The summed E-state index contributed by atoms with van der Waals surface area (Å²) in [4.78, 5) is 6.63. The third kappa shape index (κ3) is 2.51. The predicted molar refractivity (Wildman–Crippen MR) is 51.5 cm³/mol. The van der Waals surface area contributed by atoms with Crippen molar-refractivity contribution in [3.8, 4) is 0 Å². The summed E-state index contributed by atoms with van der Waals surface area (Å²) < 4.78 is 37.2. The lowest BCUT2D eigenvalue weighted by Gasteiger charge is -2.10. The Hall–Kier alpha value is -1.57. The third-order valence-electron chi connectivity index (χ3n) is 2.06. The van der Waals surface area contributed by atoms with E-state index in [0.717, 1.165) is 12.8 Å². The van der Waals surface area contributed by atoms with Crippen LogP contribution in [-0.2, 0) is 6.18 Å². The summed E-state index contributed by atoms with van der Waals surface area (Å²) >= 11 is 0. The Bertz CT molecular complexity index is 388. The molecule has 0 unspecified atom stereocenters. The second kappa shape index (κ2) is 3.78. The molecule has 0 aromatic carbocycles. The molecule has 5 nitrogen and oxygen atoms in total. The molecular weight excluding hydrogens is 223 g/mol. The normalized spacial score (nSPS) is 16.0. The molecule has 0 bridgehead atoms. The number of nitrogens with two attached hydrogens (primary N) is 1. The topological polar surface area (TPSA) is 75.9 Å². The van der Waals surface area contributed by atoms with Crippen molar-refractivity contribution in [3.63, 3.8) is 0 Å². The smallest absolute Gasteiger partial charge is 0.367 e. The van der Waals surface area contributed by atoms with E-state index in [4.69, 9.17) is 5.84 Å². The molecule has 1 heterocycles. The first-order chi connectivity index (χ1) is 7.49. The fraction of sp³-hybridized carbons (Fsp3) is 0.500. The first-order valence-corrected chi connectivity index (χ1v) is 4.68. The maximum atomic E-state index is 12.4. The summed E-state index contributed by atoms with van der Waals surface area (Å²) in [6.45, 7) is 0. The van der Waals surface area contributed by atoms with Gasteiger partial charge in [0, 0.05) is 12.1 Å². The zero-order valence-corrected chi connectivity index (χ0v) is 8.17. The number of nitrogens with one attached hydrogen (secondary N) is 2. The van der Waals surface area contributed by atoms with Crippen LogP contribution in [0.4, 0.5) is 24.8 Å². The van der Waals surface area contributed by atoms with Crippen molar-refractivity contribution in [2.24, 2.45) is 5.84 Å². The van der Waals surface area contributed by atoms with E-state index in [0.29, 0.717) is 0 Å². The van der Waals surface area contributed by atoms with Crippen molar-refractivity contribution in [1.82, 2.24) is 9.97 Å². The maximum absolute atomic E-state index is 12.4. The van der Waals surface area contributed by atoms with Crippen LogP contribution in [0.1, 0.15) is 18.7 Å². The average Bonchev–Trinajstić information content (AvgIpc) is 3.00. The van der Waals surface area contributed by atoms with Crippen molar-refractivity contribution < 1.29 is 13.2 Å². The molecular formula is C8H10F3N5. The Morgan fingerprint density at radius 3 is 2.38 bits per heavy atom. The lowest BCUT2D eigenvalue weighted by atomic mass is 10.4. The Morgan fingerprint density at radius 1 is 1.25 bits per heavy atom. The average molecular weight is 233 g/mol. The van der Waals surface area contributed by atoms with Gasteiger partial charge in [-0.15, -0.1) is 0 Å². The Kier molecular flexibility index (Phi) is 2.58. The molecule has 1 aromatic rings. The lowest BCUT2D eigenvalue weighted by molar-refractivity contribution is -0.144. The van der Waals surface area contributed by atoms with Crippen molar-refractivity contribution >= 4 is 11.6 Å². The van der Waals surface area contributed by atoms with E-state index >= 15 is 0 Å². The molecule has 0 aliphatic heterocycles. The molecule has 1 saturated carbocycles. The summed E-state index contributed by atoms with van der Waals surface area (Å²) in [6, 6.07) is 1.55. The highest BCUT2D eigenvalue weighted by Gasteiger charge is 2.35. The Balaban J connectivity index is 2.29. The zero-order chi connectivity index (χ0) is 11.8. The molecule has 1 aromatic heterocycles. The number of hydrogen-bond donors (Lipinski definition) is 3. The molecule has 0 atom stereocenters. The van der Waals surface area contributed by atoms with E-state index in [1.807, 2.05) is 0 Å². The highest BCUT2D eigenvalue weighted by atomic mass is 19.4. The number of rotatable bonds is 3. The minimum Gasteiger partial charge on any atom is -0.367 e. The van der Waals surface area contributed by atoms with Crippen LogP contribution in [0.25, 0.3) is 0 Å². The maximum Gasteiger partial charge on any atom is 0.451 e. The first kappa shape index (κ1) is 10.9. The summed E-state index contributed by atoms with van der Waals surface area (Å²) in [7, 11) is 0. The van der Waals surface area contributed by atoms with Gasteiger partial charge in [0.1, 0.15) is 11.6 Å². The molecule has 0 amide bonds. The molecule has 1 fully saturated rings. The fourth-order valence-electron chi connectivity index (χ4n) is 1.16. The first-order valence-electron chi connectivity index (χ1n) is 4.68. The molecule has 1 aliphatic rings. The summed E-state index contributed by atoms with van der Waals surface area (Å²) in [5, 5.41) is 2.86. The van der Waals surface area contributed by atoms with Crippen LogP contribution in [0.5, 0.6) is 0 Å². The van der Waals surface area contributed by atoms with Crippen molar-refractivity contribution in [2.45, 2.75) is 25.1 Å². The van der Waals surface area contributed by atoms with Crippen molar-refractivity contribution in [2.75, 3.05) is 10.7 Å². The largest absolute Gasteiger partial charge is 0.451 e. The van der Waals surface area contributed by atoms with Gasteiger partial charge in [-0.3, -0.25) is 0 Å². The van der Waals surface area contributed by atoms with Gasteiger partial charge in [0.15, 0.2) is 0 Å². The number of alkyl halides is 3. The summed E-state index contributed by atoms with van der Waals surface area (Å²) in [5.41, 5.74) is 2.08. The number of aromatic nitrogens is 2. The molecule has 4 N–H and O–H groups in total. The number of nitrogens with zero attached hydrogens (tertiary/aromatic N) is 2. The van der Waals surface area contributed by atoms with Gasteiger partial charge in [0.2, 0.25) is 5.82 Å². The van der Waals surface area contributed by atoms with Gasteiger partial charge in [-0.05, 0) is 12.8 Å². The van der Waals surface area contributed by atoms with Crippen LogP contribution < -0.4 is 16.6 Å². The van der Waals surface area contributed by atoms with Crippen molar-refractivity contribution in [3.05, 3.63) is 11.9 Å². The number of anilines is 2. The van der Waals surface area contributed by atoms with Gasteiger partial charge in [-0.25, -0.2) is 15.8 Å². The molecule has 1 aliphatic carbocycles. The van der Waals surface area contributed by atoms with E-state index in [2.05, 4.69) is 20.7 Å². The van der Waals surface area contributed by atoms with E-state index in [-0.39, 0.29) is 17.7 Å². The van der Waals surface area contributed by atoms with Gasteiger partial charge in [0.05, 0.1) is 0 Å². The minimum absolute atomic E-state index is 0.0644. The van der Waals surface area contributed by atoms with Gasteiger partial charge in [0.25, 0.3) is 0 Å². The molecule has 2 rings (SSSR count). The number of hydrazine groups is 1. The quantitative estimate of drug-likeness (QED) is 0.542. The fourth-order valence-corrected chi connectivity index (χ4v) is 1.16. The van der Waals surface area contributed by atoms with Crippen LogP contribution in [0, 0.1) is 0 Å². The standard InChI is InChI=1S/C8H10F3N5/c9-8(10,11)7-14-5(13-4-1-2-4)3-6(15-7)16-12/h3-4H,1-2,12H2,(H2,13,14,15,16). The van der Waals surface area contributed by atoms with Crippen LogP contribution in [0.2, 0.25) is 0 Å². The second-order valence-corrected chi connectivity index (χ2v) is 3.52. The molecule has 0 radical (unpaired) electrons. The SMILES string of the molecule is NNc1cc(NC2CC2)nc(C(F)(F)F)n1. The monoisotopic (exact) mass is 233 g/mol. The number of hydrogen-bond acceptors (Lipinski definition) is 5. The second-order valence-electron chi connectivity index (χ2n) is 3.52. The molecule has 8 heteroatoms. The van der Waals surface area contributed by atoms with E-state index < -0.39 is 12.0 Å². The zero-order valence-electron chi connectivity index (χ0n) is 8.17. The van der Waals surface area contributed by atoms with E-state index in [1.54, 1.807) is 0 Å². The molecule has 16 heavy (non-hydrogen) atoms.